The van der Waals surface area contributed by atoms with E-state index in [1.807, 2.05) is 0 Å². The normalized spacial score (nSPS) is 19.1. The Morgan fingerprint density at radius 2 is 1.15 bits per heavy atom. The molecule has 0 aliphatic heterocycles. The zero-order valence-electron chi connectivity index (χ0n) is 25.4. The molecule has 0 saturated heterocycles. The summed E-state index contributed by atoms with van der Waals surface area (Å²) in [6.45, 7) is 19.9. The van der Waals surface area contributed by atoms with E-state index in [0.717, 1.165) is 24.7 Å². The molecule has 0 heterocycles. The van der Waals surface area contributed by atoms with Crippen LogP contribution in [0.15, 0.2) is 24.3 Å². The number of rotatable bonds is 7. The Morgan fingerprint density at radius 3 is 1.36 bits per heavy atom. The lowest BCUT2D eigenvalue weighted by Crippen LogP contribution is -2.21. The molecule has 0 unspecified atom stereocenters. The molecule has 4 nitrogen and oxygen atoms in total. The van der Waals surface area contributed by atoms with Crippen molar-refractivity contribution in [2.45, 2.75) is 157 Å². The van der Waals surface area contributed by atoms with Gasteiger partial charge in [-0.05, 0) is 87.6 Å². The van der Waals surface area contributed by atoms with Crippen molar-refractivity contribution in [3.8, 4) is 0 Å². The number of carbonyl (C=O) groups is 2. The number of allylic oxidation sites excluding steroid dienone is 1. The molecule has 0 aromatic carbocycles. The van der Waals surface area contributed by atoms with Crippen LogP contribution >= 0.6 is 23.2 Å². The number of halogens is 2. The molecular weight excluding hydrogens is 531 g/mol. The molecule has 0 aromatic heterocycles. The quantitative estimate of drug-likeness (QED) is 0.133. The summed E-state index contributed by atoms with van der Waals surface area (Å²) in [5.74, 6) is -1.03. The molecule has 3 saturated carbocycles. The summed E-state index contributed by atoms with van der Waals surface area (Å²) in [6.07, 6.45) is 21.1. The van der Waals surface area contributed by atoms with Crippen LogP contribution in [0.5, 0.6) is 0 Å². The largest absolute Gasteiger partial charge is 0.478 e. The highest BCUT2D eigenvalue weighted by atomic mass is 35.5. The van der Waals surface area contributed by atoms with Crippen molar-refractivity contribution < 1.29 is 19.8 Å². The van der Waals surface area contributed by atoms with Gasteiger partial charge in [-0.25, -0.2) is 4.79 Å². The highest BCUT2D eigenvalue weighted by molar-refractivity contribution is 6.67. The molecular formula is C33H62Cl2O4. The van der Waals surface area contributed by atoms with Gasteiger partial charge in [0.2, 0.25) is 5.24 Å². The number of carboxylic acids is 1. The Balaban J connectivity index is -0.000000424. The number of alkyl halides is 1. The van der Waals surface area contributed by atoms with Crippen LogP contribution in [0, 0.1) is 10.8 Å². The van der Waals surface area contributed by atoms with Gasteiger partial charge >= 0.3 is 5.97 Å². The Labute approximate surface area is 252 Å². The number of hydrogen-bond donors (Lipinski definition) is 2. The van der Waals surface area contributed by atoms with E-state index in [2.05, 4.69) is 47.8 Å². The molecule has 0 aromatic rings. The predicted molar refractivity (Wildman–Crippen MR) is 172 cm³/mol. The summed E-state index contributed by atoms with van der Waals surface area (Å²) in [6, 6.07) is 0. The second-order valence-electron chi connectivity index (χ2n) is 11.9. The van der Waals surface area contributed by atoms with Gasteiger partial charge in [-0.1, -0.05) is 98.6 Å². The fraction of sp³-hybridized carbons (Fsp3) is 0.818. The third-order valence-corrected chi connectivity index (χ3v) is 8.93. The molecule has 3 aliphatic carbocycles. The topological polar surface area (TPSA) is 74.6 Å². The number of aliphatic carboxylic acids is 1. The highest BCUT2D eigenvalue weighted by Crippen LogP contribution is 2.45. The van der Waals surface area contributed by atoms with Crippen molar-refractivity contribution in [2.24, 2.45) is 10.8 Å². The van der Waals surface area contributed by atoms with Crippen LogP contribution in [-0.4, -0.2) is 32.9 Å². The second kappa shape index (κ2) is 22.8. The summed E-state index contributed by atoms with van der Waals surface area (Å²) in [7, 11) is 0. The van der Waals surface area contributed by atoms with Crippen LogP contribution in [0.2, 0.25) is 0 Å². The minimum atomic E-state index is -0.935. The van der Waals surface area contributed by atoms with E-state index in [4.69, 9.17) is 28.3 Å². The predicted octanol–water partition coefficient (Wildman–Crippen LogP) is 10.9. The van der Waals surface area contributed by atoms with Crippen molar-refractivity contribution in [2.75, 3.05) is 5.88 Å². The van der Waals surface area contributed by atoms with E-state index in [1.165, 1.54) is 96.0 Å². The van der Waals surface area contributed by atoms with E-state index >= 15 is 0 Å². The van der Waals surface area contributed by atoms with Crippen LogP contribution in [0.4, 0.5) is 0 Å². The minimum absolute atomic E-state index is 0. The molecule has 3 aliphatic rings. The Kier molecular flexibility index (Phi) is 24.9. The third kappa shape index (κ3) is 21.6. The molecule has 0 atom stereocenters. The van der Waals surface area contributed by atoms with Crippen molar-refractivity contribution in [3.63, 3.8) is 0 Å². The van der Waals surface area contributed by atoms with Gasteiger partial charge in [0.15, 0.2) is 0 Å². The zero-order chi connectivity index (χ0) is 29.8. The van der Waals surface area contributed by atoms with Crippen LogP contribution in [-0.2, 0) is 9.59 Å². The van der Waals surface area contributed by atoms with Gasteiger partial charge in [0.25, 0.3) is 0 Å². The summed E-state index contributed by atoms with van der Waals surface area (Å²) in [4.78, 5) is 19.0. The van der Waals surface area contributed by atoms with Gasteiger partial charge in [-0.15, -0.1) is 18.2 Å². The lowest BCUT2D eigenvalue weighted by molar-refractivity contribution is -0.132. The SMILES string of the molecule is C.C=C(C)C(=O)O.C=C(C)CC1(CC)CCCC1.CCC1(C)CCCC1.CCC1(O)CCCC1.O=C(Cl)CCl. The van der Waals surface area contributed by atoms with Gasteiger partial charge in [-0.2, -0.15) is 0 Å². The van der Waals surface area contributed by atoms with Crippen molar-refractivity contribution in [3.05, 3.63) is 24.3 Å². The number of carbonyl (C=O) groups excluding carboxylic acids is 1. The monoisotopic (exact) mass is 592 g/mol. The summed E-state index contributed by atoms with van der Waals surface area (Å²) < 4.78 is 0. The van der Waals surface area contributed by atoms with E-state index in [-0.39, 0.29) is 24.5 Å². The van der Waals surface area contributed by atoms with Gasteiger partial charge in [0.1, 0.15) is 0 Å². The maximum atomic E-state index is 9.60. The first kappa shape index (κ1) is 42.6. The number of carboxylic acid groups (broad SMARTS) is 1. The maximum absolute atomic E-state index is 9.60. The molecule has 39 heavy (non-hydrogen) atoms. The lowest BCUT2D eigenvalue weighted by atomic mass is 9.78. The molecule has 6 heteroatoms. The van der Waals surface area contributed by atoms with Crippen LogP contribution in [0.25, 0.3) is 0 Å². The molecule has 3 rings (SSSR count). The second-order valence-corrected chi connectivity index (χ2v) is 12.6. The van der Waals surface area contributed by atoms with Crippen LogP contribution in [0.1, 0.15) is 152 Å². The van der Waals surface area contributed by atoms with Crippen molar-refractivity contribution in [1.82, 2.24) is 0 Å². The molecule has 2 N–H and O–H groups in total. The van der Waals surface area contributed by atoms with Crippen molar-refractivity contribution in [1.29, 1.82) is 0 Å². The third-order valence-electron chi connectivity index (χ3n) is 8.42. The number of aliphatic hydroxyl groups is 1. The van der Waals surface area contributed by atoms with Crippen LogP contribution in [0.3, 0.4) is 0 Å². The lowest BCUT2D eigenvalue weighted by Gasteiger charge is -2.27. The maximum Gasteiger partial charge on any atom is 0.330 e. The van der Waals surface area contributed by atoms with Gasteiger partial charge < -0.3 is 10.2 Å². The molecule has 0 spiro atoms. The molecule has 3 fully saturated rings. The first-order valence-electron chi connectivity index (χ1n) is 14.6. The Bertz CT molecular complexity index is 650. The molecule has 0 radical (unpaired) electrons. The van der Waals surface area contributed by atoms with E-state index < -0.39 is 11.2 Å². The van der Waals surface area contributed by atoms with Crippen molar-refractivity contribution >= 4 is 34.4 Å². The molecule has 0 amide bonds. The fourth-order valence-corrected chi connectivity index (χ4v) is 5.39. The number of hydrogen-bond acceptors (Lipinski definition) is 3. The first-order chi connectivity index (χ1) is 17.6. The molecule has 232 valence electrons. The zero-order valence-corrected chi connectivity index (χ0v) is 26.9. The van der Waals surface area contributed by atoms with Gasteiger partial charge in [-0.3, -0.25) is 4.79 Å². The standard InChI is InChI=1S/C11H20.C8H16.C7H14O.C4H6O2.C2H2Cl2O.CH4/c1-4-11(9-10(2)3)7-5-6-8-11;1-3-8(2)6-4-5-7-8;1-2-7(8)5-3-4-6-7;1-3(2)4(5)6;3-1-2(4)5;/h2,4-9H2,1,3H3;3-7H2,1-2H3;8H,2-6H2,1H3;1H2,2H3,(H,5,6);1H2;1H4. The van der Waals surface area contributed by atoms with E-state index in [1.54, 1.807) is 0 Å². The summed E-state index contributed by atoms with van der Waals surface area (Å²) in [5.41, 5.74) is 2.68. The van der Waals surface area contributed by atoms with Gasteiger partial charge in [0, 0.05) is 5.57 Å². The average molecular weight is 594 g/mol. The van der Waals surface area contributed by atoms with Gasteiger partial charge in [0.05, 0.1) is 11.5 Å². The van der Waals surface area contributed by atoms with Crippen LogP contribution < -0.4 is 0 Å². The summed E-state index contributed by atoms with van der Waals surface area (Å²) >= 11 is 9.55. The molecule has 0 bridgehead atoms. The Morgan fingerprint density at radius 1 is 0.795 bits per heavy atom. The average Bonchev–Trinajstić information content (AvgIpc) is 3.63. The highest BCUT2D eigenvalue weighted by Gasteiger charge is 2.31. The first-order valence-corrected chi connectivity index (χ1v) is 15.5. The van der Waals surface area contributed by atoms with E-state index in [9.17, 15) is 14.7 Å². The smallest absolute Gasteiger partial charge is 0.330 e. The Hall–Kier alpha value is -0.840. The minimum Gasteiger partial charge on any atom is -0.478 e. The fourth-order valence-electron chi connectivity index (χ4n) is 5.39. The summed E-state index contributed by atoms with van der Waals surface area (Å²) in [5, 5.41) is 16.9. The van der Waals surface area contributed by atoms with E-state index in [0.29, 0.717) is 5.41 Å².